The highest BCUT2D eigenvalue weighted by molar-refractivity contribution is 5.83. The van der Waals surface area contributed by atoms with Crippen molar-refractivity contribution in [1.29, 1.82) is 0 Å². The first-order chi connectivity index (χ1) is 8.22. The lowest BCUT2D eigenvalue weighted by molar-refractivity contribution is -0.134. The molecular weight excluding hydrogens is 214 g/mol. The average Bonchev–Trinajstić information content (AvgIpc) is 2.37. The van der Waals surface area contributed by atoms with Gasteiger partial charge in [-0.25, -0.2) is 0 Å². The maximum Gasteiger partial charge on any atom is 0.254 e. The Morgan fingerprint density at radius 3 is 3.12 bits per heavy atom. The molecule has 1 aromatic rings. The molecule has 0 saturated heterocycles. The van der Waals surface area contributed by atoms with Gasteiger partial charge in [-0.05, 0) is 24.5 Å². The summed E-state index contributed by atoms with van der Waals surface area (Å²) in [6.45, 7) is 2.34. The summed E-state index contributed by atoms with van der Waals surface area (Å²) in [5.74, 6) is 2.31. The number of hydrogen-bond donors (Lipinski definition) is 1. The molecule has 0 aromatic heterocycles. The molecule has 1 aromatic carbocycles. The summed E-state index contributed by atoms with van der Waals surface area (Å²) in [4.78, 5) is 12.0. The Labute approximate surface area is 101 Å². The van der Waals surface area contributed by atoms with E-state index >= 15 is 0 Å². The van der Waals surface area contributed by atoms with E-state index in [9.17, 15) is 4.79 Å². The highest BCUT2D eigenvalue weighted by atomic mass is 16.5. The Morgan fingerprint density at radius 1 is 1.59 bits per heavy atom. The van der Waals surface area contributed by atoms with Crippen LogP contribution < -0.4 is 5.32 Å². The second-order valence-corrected chi connectivity index (χ2v) is 4.10. The SMILES string of the molecule is C#CC(C)NC(=O)C1OCCc2ccccc21. The van der Waals surface area contributed by atoms with Gasteiger partial charge in [-0.15, -0.1) is 6.42 Å². The van der Waals surface area contributed by atoms with Crippen LogP contribution in [0.1, 0.15) is 24.2 Å². The molecule has 2 atom stereocenters. The molecular formula is C14H15NO2. The summed E-state index contributed by atoms with van der Waals surface area (Å²) in [5, 5.41) is 2.74. The lowest BCUT2D eigenvalue weighted by Crippen LogP contribution is -2.38. The molecule has 17 heavy (non-hydrogen) atoms. The van der Waals surface area contributed by atoms with Gasteiger partial charge in [-0.2, -0.15) is 0 Å². The van der Waals surface area contributed by atoms with Crippen molar-refractivity contribution in [3.8, 4) is 12.3 Å². The maximum absolute atomic E-state index is 12.0. The Kier molecular flexibility index (Phi) is 3.46. The molecule has 2 unspecified atom stereocenters. The quantitative estimate of drug-likeness (QED) is 0.779. The Balaban J connectivity index is 2.19. The van der Waals surface area contributed by atoms with Crippen LogP contribution in [0.5, 0.6) is 0 Å². The van der Waals surface area contributed by atoms with Gasteiger partial charge < -0.3 is 10.1 Å². The van der Waals surface area contributed by atoms with Crippen LogP contribution in [0.15, 0.2) is 24.3 Å². The van der Waals surface area contributed by atoms with E-state index in [1.807, 2.05) is 24.3 Å². The van der Waals surface area contributed by atoms with Crippen molar-refractivity contribution < 1.29 is 9.53 Å². The fraction of sp³-hybridized carbons (Fsp3) is 0.357. The highest BCUT2D eigenvalue weighted by Crippen LogP contribution is 2.26. The van der Waals surface area contributed by atoms with E-state index in [1.165, 1.54) is 5.56 Å². The molecule has 0 saturated carbocycles. The van der Waals surface area contributed by atoms with E-state index in [0.717, 1.165) is 12.0 Å². The van der Waals surface area contributed by atoms with Crippen LogP contribution in [0.4, 0.5) is 0 Å². The lowest BCUT2D eigenvalue weighted by atomic mass is 9.97. The van der Waals surface area contributed by atoms with Crippen LogP contribution in [-0.2, 0) is 16.0 Å². The standard InChI is InChI=1S/C14H15NO2/c1-3-10(2)15-14(16)13-12-7-5-4-6-11(12)8-9-17-13/h1,4-7,10,13H,8-9H2,2H3,(H,15,16). The molecule has 1 N–H and O–H groups in total. The minimum absolute atomic E-state index is 0.164. The van der Waals surface area contributed by atoms with Crippen LogP contribution >= 0.6 is 0 Å². The van der Waals surface area contributed by atoms with E-state index in [0.29, 0.717) is 6.61 Å². The van der Waals surface area contributed by atoms with Crippen molar-refractivity contribution >= 4 is 5.91 Å². The minimum atomic E-state index is -0.532. The van der Waals surface area contributed by atoms with Crippen LogP contribution in [0.2, 0.25) is 0 Å². The van der Waals surface area contributed by atoms with E-state index in [1.54, 1.807) is 6.92 Å². The molecule has 1 heterocycles. The summed E-state index contributed by atoms with van der Waals surface area (Å²) < 4.78 is 5.53. The predicted octanol–water partition coefficient (Wildman–Crippen LogP) is 1.44. The summed E-state index contributed by atoms with van der Waals surface area (Å²) in [6.07, 6.45) is 5.56. The summed E-state index contributed by atoms with van der Waals surface area (Å²) in [7, 11) is 0. The van der Waals surface area contributed by atoms with E-state index in [2.05, 4.69) is 11.2 Å². The van der Waals surface area contributed by atoms with Gasteiger partial charge in [-0.3, -0.25) is 4.79 Å². The van der Waals surface area contributed by atoms with E-state index in [-0.39, 0.29) is 11.9 Å². The average molecular weight is 229 g/mol. The predicted molar refractivity (Wildman–Crippen MR) is 65.3 cm³/mol. The van der Waals surface area contributed by atoms with Crippen molar-refractivity contribution in [1.82, 2.24) is 5.32 Å². The third-order valence-electron chi connectivity index (χ3n) is 2.84. The fourth-order valence-corrected chi connectivity index (χ4v) is 1.94. The summed E-state index contributed by atoms with van der Waals surface area (Å²) in [5.41, 5.74) is 2.12. The van der Waals surface area contributed by atoms with E-state index in [4.69, 9.17) is 11.2 Å². The zero-order chi connectivity index (χ0) is 12.3. The van der Waals surface area contributed by atoms with Gasteiger partial charge in [0.1, 0.15) is 0 Å². The summed E-state index contributed by atoms with van der Waals surface area (Å²) in [6, 6.07) is 7.57. The third-order valence-corrected chi connectivity index (χ3v) is 2.84. The smallest absolute Gasteiger partial charge is 0.254 e. The number of nitrogens with one attached hydrogen (secondary N) is 1. The van der Waals surface area contributed by atoms with Crippen molar-refractivity contribution in [2.75, 3.05) is 6.61 Å². The molecule has 0 radical (unpaired) electrons. The Hall–Kier alpha value is -1.79. The molecule has 0 aliphatic carbocycles. The van der Waals surface area contributed by atoms with E-state index < -0.39 is 6.10 Å². The molecule has 1 amide bonds. The number of benzene rings is 1. The zero-order valence-electron chi connectivity index (χ0n) is 9.77. The van der Waals surface area contributed by atoms with Crippen molar-refractivity contribution in [3.63, 3.8) is 0 Å². The van der Waals surface area contributed by atoms with Crippen molar-refractivity contribution in [3.05, 3.63) is 35.4 Å². The van der Waals surface area contributed by atoms with Gasteiger partial charge in [0, 0.05) is 0 Å². The minimum Gasteiger partial charge on any atom is -0.363 e. The molecule has 0 bridgehead atoms. The van der Waals surface area contributed by atoms with Gasteiger partial charge in [0.2, 0.25) is 0 Å². The van der Waals surface area contributed by atoms with Crippen LogP contribution in [0, 0.1) is 12.3 Å². The second kappa shape index (κ2) is 5.03. The van der Waals surface area contributed by atoms with Crippen molar-refractivity contribution in [2.24, 2.45) is 0 Å². The first kappa shape index (κ1) is 11.7. The number of fused-ring (bicyclic) bond motifs is 1. The maximum atomic E-state index is 12.0. The number of hydrogen-bond acceptors (Lipinski definition) is 2. The molecule has 1 aliphatic rings. The zero-order valence-corrected chi connectivity index (χ0v) is 9.77. The van der Waals surface area contributed by atoms with Gasteiger partial charge in [-0.1, -0.05) is 30.2 Å². The molecule has 88 valence electrons. The first-order valence-corrected chi connectivity index (χ1v) is 5.68. The molecule has 0 fully saturated rings. The fourth-order valence-electron chi connectivity index (χ4n) is 1.94. The number of rotatable bonds is 2. The monoisotopic (exact) mass is 229 g/mol. The van der Waals surface area contributed by atoms with Gasteiger partial charge in [0.15, 0.2) is 6.10 Å². The Morgan fingerprint density at radius 2 is 2.35 bits per heavy atom. The molecule has 3 heteroatoms. The second-order valence-electron chi connectivity index (χ2n) is 4.10. The van der Waals surface area contributed by atoms with Gasteiger partial charge in [0.05, 0.1) is 12.6 Å². The van der Waals surface area contributed by atoms with Crippen LogP contribution in [0.3, 0.4) is 0 Å². The number of carbonyl (C=O) groups is 1. The first-order valence-electron chi connectivity index (χ1n) is 5.68. The normalized spacial score (nSPS) is 19.9. The van der Waals surface area contributed by atoms with Crippen LogP contribution in [0.25, 0.3) is 0 Å². The van der Waals surface area contributed by atoms with Crippen molar-refractivity contribution in [2.45, 2.75) is 25.5 Å². The molecule has 2 rings (SSSR count). The number of amides is 1. The summed E-state index contributed by atoms with van der Waals surface area (Å²) >= 11 is 0. The topological polar surface area (TPSA) is 38.3 Å². The molecule has 0 spiro atoms. The van der Waals surface area contributed by atoms with Gasteiger partial charge in [0.25, 0.3) is 5.91 Å². The highest BCUT2D eigenvalue weighted by Gasteiger charge is 2.27. The number of terminal acetylenes is 1. The largest absolute Gasteiger partial charge is 0.363 e. The number of carbonyl (C=O) groups excluding carboxylic acids is 1. The van der Waals surface area contributed by atoms with Gasteiger partial charge >= 0.3 is 0 Å². The third kappa shape index (κ3) is 2.48. The molecule has 1 aliphatic heterocycles. The number of ether oxygens (including phenoxy) is 1. The lowest BCUT2D eigenvalue weighted by Gasteiger charge is -2.25. The Bertz CT molecular complexity index is 462. The molecule has 3 nitrogen and oxygen atoms in total. The van der Waals surface area contributed by atoms with Crippen LogP contribution in [-0.4, -0.2) is 18.6 Å².